The summed E-state index contributed by atoms with van der Waals surface area (Å²) in [6, 6.07) is 15.5. The van der Waals surface area contributed by atoms with Crippen LogP contribution in [0, 0.1) is 11.8 Å². The Morgan fingerprint density at radius 3 is 2.33 bits per heavy atom. The minimum absolute atomic E-state index is 0.106. The zero-order valence-electron chi connectivity index (χ0n) is 32.8. The van der Waals surface area contributed by atoms with Gasteiger partial charge < -0.3 is 4.90 Å². The van der Waals surface area contributed by atoms with Gasteiger partial charge in [-0.2, -0.15) is 0 Å². The molecule has 0 bridgehead atoms. The van der Waals surface area contributed by atoms with Crippen molar-refractivity contribution >= 4 is 41.1 Å². The number of benzene rings is 2. The van der Waals surface area contributed by atoms with Crippen molar-refractivity contribution in [1.82, 2.24) is 5.32 Å². The number of ether oxygens (including phenoxy) is 5. The van der Waals surface area contributed by atoms with Crippen molar-refractivity contribution in [1.29, 1.82) is 0 Å². The van der Waals surface area contributed by atoms with Gasteiger partial charge in [0.25, 0.3) is 0 Å². The van der Waals surface area contributed by atoms with Crippen LogP contribution in [0.2, 0.25) is 7.15 Å². The van der Waals surface area contributed by atoms with Gasteiger partial charge in [0.2, 0.25) is 5.91 Å². The van der Waals surface area contributed by atoms with Crippen LogP contribution in [0.1, 0.15) is 96.8 Å². The standard InChI is InChI=1S/C39H55N2O6.C3H7O.Po/c1-30(2)21-25-46-34(27-39(5,6)47-26-22-38(3,4)44-7)29-45-24-12-23-40-36(42)19-20-37(43)41-28-33-15-9-8-13-31(33)17-18-32-14-10-11-16-35(32)41;1-3-4-2;/h8-11,13-16,34H,12,19-29H2,1-7H3,(H,40,42);1,3H2,2H3;. The van der Waals surface area contributed by atoms with Crippen LogP contribution in [-0.2, 0) is 39.8 Å². The van der Waals surface area contributed by atoms with E-state index in [0.717, 1.165) is 41.8 Å². The monoisotopic (exact) mass is 915 g/mol. The Labute approximate surface area is 325 Å². The Morgan fingerprint density at radius 2 is 1.58 bits per heavy atom. The molecule has 1 atom stereocenters. The van der Waals surface area contributed by atoms with Gasteiger partial charge in [-0.25, -0.2) is 0 Å². The first kappa shape index (κ1) is 44.0. The maximum atomic E-state index is 13.5. The van der Waals surface area contributed by atoms with Crippen molar-refractivity contribution < 1.29 is 33.3 Å². The summed E-state index contributed by atoms with van der Waals surface area (Å²) in [6.45, 7) is 17.0. The molecule has 0 saturated heterocycles. The first-order chi connectivity index (χ1) is 24.7. The minimum atomic E-state index is -0.553. The van der Waals surface area contributed by atoms with E-state index in [0.29, 0.717) is 55.4 Å². The number of anilines is 1. The van der Waals surface area contributed by atoms with Crippen LogP contribution in [0.3, 0.4) is 0 Å². The maximum absolute atomic E-state index is 13.5. The molecule has 0 saturated carbocycles. The van der Waals surface area contributed by atoms with Gasteiger partial charge in [-0.1, -0.05) is 42.2 Å². The van der Waals surface area contributed by atoms with Crippen molar-refractivity contribution in [2.75, 3.05) is 58.7 Å². The number of carbonyl (C=O) groups excluding carboxylic acids is 2. The van der Waals surface area contributed by atoms with Crippen LogP contribution >= 0.6 is 0 Å². The number of hydrogen-bond donors (Lipinski definition) is 1. The quantitative estimate of drug-likeness (QED) is 0.0898. The number of para-hydroxylation sites is 1. The van der Waals surface area contributed by atoms with E-state index in [2.05, 4.69) is 58.7 Å². The zero-order valence-corrected chi connectivity index (χ0v) is 36.0. The molecule has 1 aliphatic rings. The molecule has 1 heterocycles. The normalized spacial score (nSPS) is 13.7. The van der Waals surface area contributed by atoms with Crippen LogP contribution in [0.25, 0.3) is 0 Å². The fourth-order valence-corrected chi connectivity index (χ4v) is 9.67. The van der Waals surface area contributed by atoms with E-state index in [1.165, 1.54) is 4.08 Å². The van der Waals surface area contributed by atoms with E-state index in [4.69, 9.17) is 23.7 Å². The molecule has 0 aromatic heterocycles. The van der Waals surface area contributed by atoms with Crippen molar-refractivity contribution in [3.8, 4) is 11.8 Å². The summed E-state index contributed by atoms with van der Waals surface area (Å²) in [5.74, 6) is 6.20. The summed E-state index contributed by atoms with van der Waals surface area (Å²) in [5, 5.41) is 2.96. The molecule has 0 spiro atoms. The molecule has 1 aliphatic heterocycles. The Hall–Kier alpha value is -2.36. The SMILES string of the molecule is COC[CH2][Po][C](C)(C)CCOC(COCCCNC(=O)CCC(=O)N1Cc2ccccc2C#Cc2ccccc21)CC(C)(C)OCCC(C)(C)OC. The van der Waals surface area contributed by atoms with Crippen LogP contribution in [0.4, 0.5) is 5.69 Å². The Balaban J connectivity index is 1.44. The van der Waals surface area contributed by atoms with E-state index >= 15 is 0 Å². The van der Waals surface area contributed by atoms with Gasteiger partial charge in [-0.3, -0.25) is 9.59 Å². The fourth-order valence-electron chi connectivity index (χ4n) is 5.66. The van der Waals surface area contributed by atoms with Crippen LogP contribution < -0.4 is 10.2 Å². The van der Waals surface area contributed by atoms with Crippen molar-refractivity contribution in [3.05, 3.63) is 65.2 Å². The molecular weight excluding hydrogens is 853 g/mol. The van der Waals surface area contributed by atoms with Gasteiger partial charge in [0.1, 0.15) is 0 Å². The molecular formula is C42H62N2O7Po. The zero-order chi connectivity index (χ0) is 38.0. The molecule has 10 heteroatoms. The summed E-state index contributed by atoms with van der Waals surface area (Å²) in [6.07, 6.45) is 3.29. The summed E-state index contributed by atoms with van der Waals surface area (Å²) in [4.78, 5) is 28.0. The Morgan fingerprint density at radius 1 is 0.865 bits per heavy atom. The molecule has 1 unspecified atom stereocenters. The number of nitrogens with zero attached hydrogens (tertiary/aromatic N) is 1. The molecule has 0 fully saturated rings. The van der Waals surface area contributed by atoms with Crippen LogP contribution in [0.15, 0.2) is 48.5 Å². The van der Waals surface area contributed by atoms with Crippen LogP contribution in [0.5, 0.6) is 0 Å². The number of nitrogens with one attached hydrogen (secondary N) is 1. The average molecular weight is 916 g/mol. The Bertz CT molecular complexity index is 1470. The fraction of sp³-hybridized carbons (Fsp3) is 0.619. The second-order valence-corrected chi connectivity index (χ2v) is 22.1. The molecule has 2 amide bonds. The van der Waals surface area contributed by atoms with E-state index in [1.807, 2.05) is 48.5 Å². The topological polar surface area (TPSA) is 95.6 Å². The Kier molecular flexibility index (Phi) is 18.7. The summed E-state index contributed by atoms with van der Waals surface area (Å²) < 4.78 is 31.2. The third kappa shape index (κ3) is 16.3. The molecule has 2 aromatic carbocycles. The molecule has 1 N–H and O–H groups in total. The number of amides is 2. The molecule has 52 heavy (non-hydrogen) atoms. The summed E-state index contributed by atoms with van der Waals surface area (Å²) in [7, 11) is 3.50. The summed E-state index contributed by atoms with van der Waals surface area (Å²) in [5.41, 5.74) is 2.84. The van der Waals surface area contributed by atoms with Crippen molar-refractivity contribution in [2.45, 2.75) is 111 Å². The molecule has 0 radical (unpaired) electrons. The number of carbonyl (C=O) groups is 2. The van der Waals surface area contributed by atoms with Gasteiger partial charge >= 0.3 is 197 Å². The van der Waals surface area contributed by atoms with E-state index in [1.54, 1.807) is 19.1 Å². The van der Waals surface area contributed by atoms with Crippen molar-refractivity contribution in [2.24, 2.45) is 0 Å². The first-order valence-electron chi connectivity index (χ1n) is 18.5. The summed E-state index contributed by atoms with van der Waals surface area (Å²) >= 11 is -0.553. The smallest absolute Gasteiger partial charge is 0.0362 e. The van der Waals surface area contributed by atoms with E-state index in [9.17, 15) is 9.59 Å². The predicted octanol–water partition coefficient (Wildman–Crippen LogP) is 6.98. The molecule has 0 aliphatic carbocycles. The van der Waals surface area contributed by atoms with Gasteiger partial charge in [0, 0.05) is 31.1 Å². The number of hydrogen-bond acceptors (Lipinski definition) is 7. The van der Waals surface area contributed by atoms with Gasteiger partial charge in [0.05, 0.1) is 12.2 Å². The molecule has 3 rings (SSSR count). The number of fused-ring (bicyclic) bond motifs is 2. The third-order valence-electron chi connectivity index (χ3n) is 9.14. The predicted molar refractivity (Wildman–Crippen MR) is 209 cm³/mol. The molecule has 2 aromatic rings. The molecule has 288 valence electrons. The molecule has 9 nitrogen and oxygen atoms in total. The number of rotatable bonds is 24. The second-order valence-electron chi connectivity index (χ2n) is 15.1. The minimum Gasteiger partial charge on any atom is 0.0362 e. The van der Waals surface area contributed by atoms with E-state index in [-0.39, 0.29) is 42.0 Å². The van der Waals surface area contributed by atoms with E-state index < -0.39 is 23.6 Å². The van der Waals surface area contributed by atoms with Gasteiger partial charge in [0.15, 0.2) is 0 Å². The van der Waals surface area contributed by atoms with Crippen molar-refractivity contribution in [3.63, 3.8) is 0 Å². The average Bonchev–Trinajstić information content (AvgIpc) is 3.09. The first-order valence-corrected chi connectivity index (χ1v) is 22.3. The second kappa shape index (κ2) is 22.1. The number of methoxy groups -OCH3 is 2. The van der Waals surface area contributed by atoms with Gasteiger partial charge in [-0.05, 0) is 23.8 Å². The van der Waals surface area contributed by atoms with Crippen LogP contribution in [-0.4, -0.2) is 106 Å². The van der Waals surface area contributed by atoms with Gasteiger partial charge in [-0.15, -0.1) is 0 Å². The third-order valence-corrected chi connectivity index (χ3v) is 14.4.